The van der Waals surface area contributed by atoms with Gasteiger partial charge in [0, 0.05) is 21.8 Å². The average molecular weight is 381 g/mol. The molecule has 0 heterocycles. The summed E-state index contributed by atoms with van der Waals surface area (Å²) < 4.78 is 5.20. The number of hydrogen-bond acceptors (Lipinski definition) is 3. The first-order valence-corrected chi connectivity index (χ1v) is 8.25. The second-order valence-corrected chi connectivity index (χ2v) is 6.38. The van der Waals surface area contributed by atoms with E-state index in [-0.39, 0.29) is 6.42 Å². The third kappa shape index (κ3) is 5.11. The number of nitrogens with one attached hydrogen (secondary N) is 2. The van der Waals surface area contributed by atoms with Crippen molar-refractivity contribution in [1.29, 1.82) is 0 Å². The van der Waals surface area contributed by atoms with Crippen LogP contribution in [0.15, 0.2) is 30.3 Å². The second-order valence-electron chi connectivity index (χ2n) is 5.53. The zero-order chi connectivity index (χ0) is 18.6. The minimum Gasteiger partial charge on any atom is -0.495 e. The molecule has 0 aliphatic carbocycles. The van der Waals surface area contributed by atoms with Gasteiger partial charge >= 0.3 is 0 Å². The highest BCUT2D eigenvalue weighted by atomic mass is 35.5. The first-order valence-electron chi connectivity index (χ1n) is 7.50. The predicted octanol–water partition coefficient (Wildman–Crippen LogP) is 4.59. The molecule has 7 heteroatoms. The number of benzene rings is 2. The number of rotatable bonds is 5. The smallest absolute Gasteiger partial charge is 0.233 e. The SMILES string of the molecule is COc1cc(Cl)c(C)cc1NC(=O)CC(=O)Nc1cc(Cl)ccc1C. The van der Waals surface area contributed by atoms with Crippen molar-refractivity contribution in [2.24, 2.45) is 0 Å². The molecule has 0 saturated carbocycles. The van der Waals surface area contributed by atoms with Crippen molar-refractivity contribution in [3.05, 3.63) is 51.5 Å². The molecule has 0 aliphatic heterocycles. The molecule has 0 radical (unpaired) electrons. The predicted molar refractivity (Wildman–Crippen MR) is 101 cm³/mol. The summed E-state index contributed by atoms with van der Waals surface area (Å²) in [6.07, 6.45) is -0.337. The van der Waals surface area contributed by atoms with Crippen LogP contribution in [0.2, 0.25) is 10.0 Å². The summed E-state index contributed by atoms with van der Waals surface area (Å²) in [6, 6.07) is 8.46. The summed E-state index contributed by atoms with van der Waals surface area (Å²) in [5, 5.41) is 6.38. The van der Waals surface area contributed by atoms with Crippen molar-refractivity contribution >= 4 is 46.4 Å². The van der Waals surface area contributed by atoms with E-state index in [1.807, 2.05) is 13.8 Å². The molecular weight excluding hydrogens is 363 g/mol. The van der Waals surface area contributed by atoms with E-state index in [0.29, 0.717) is 27.2 Å². The topological polar surface area (TPSA) is 67.4 Å². The number of methoxy groups -OCH3 is 1. The molecule has 0 atom stereocenters. The Bertz CT molecular complexity index is 822. The Balaban J connectivity index is 2.04. The van der Waals surface area contributed by atoms with Gasteiger partial charge in [-0.05, 0) is 43.2 Å². The zero-order valence-electron chi connectivity index (χ0n) is 14.1. The number of ether oxygens (including phenoxy) is 1. The first-order chi connectivity index (χ1) is 11.8. The molecule has 2 N–H and O–H groups in total. The Labute approximate surface area is 156 Å². The highest BCUT2D eigenvalue weighted by molar-refractivity contribution is 6.31. The molecule has 0 unspecified atom stereocenters. The number of carbonyl (C=O) groups excluding carboxylic acids is 2. The number of anilines is 2. The summed E-state index contributed by atoms with van der Waals surface area (Å²) >= 11 is 12.0. The minimum atomic E-state index is -0.461. The molecule has 2 amide bonds. The molecule has 0 saturated heterocycles. The molecule has 0 aliphatic rings. The van der Waals surface area contributed by atoms with E-state index < -0.39 is 11.8 Å². The highest BCUT2D eigenvalue weighted by Gasteiger charge is 2.14. The molecule has 5 nitrogen and oxygen atoms in total. The van der Waals surface area contributed by atoms with Gasteiger partial charge in [0.15, 0.2) is 0 Å². The Morgan fingerprint density at radius 2 is 1.60 bits per heavy atom. The lowest BCUT2D eigenvalue weighted by Crippen LogP contribution is -2.22. The number of hydrogen-bond donors (Lipinski definition) is 2. The molecule has 0 aromatic heterocycles. The molecular formula is C18H18Cl2N2O3. The summed E-state index contributed by atoms with van der Waals surface area (Å²) in [6.45, 7) is 3.65. The Hall–Kier alpha value is -2.24. The van der Waals surface area contributed by atoms with E-state index >= 15 is 0 Å². The van der Waals surface area contributed by atoms with E-state index in [0.717, 1.165) is 11.1 Å². The van der Waals surface area contributed by atoms with Crippen LogP contribution in [0, 0.1) is 13.8 Å². The van der Waals surface area contributed by atoms with Crippen LogP contribution in [-0.4, -0.2) is 18.9 Å². The van der Waals surface area contributed by atoms with Gasteiger partial charge in [0.25, 0.3) is 0 Å². The largest absolute Gasteiger partial charge is 0.495 e. The summed E-state index contributed by atoms with van der Waals surface area (Å²) in [5.41, 5.74) is 2.68. The van der Waals surface area contributed by atoms with Crippen LogP contribution in [0.1, 0.15) is 17.5 Å². The van der Waals surface area contributed by atoms with Crippen LogP contribution >= 0.6 is 23.2 Å². The lowest BCUT2D eigenvalue weighted by atomic mass is 10.2. The Morgan fingerprint density at radius 1 is 0.960 bits per heavy atom. The average Bonchev–Trinajstić information content (AvgIpc) is 2.54. The van der Waals surface area contributed by atoms with Gasteiger partial charge in [-0.1, -0.05) is 29.3 Å². The van der Waals surface area contributed by atoms with Crippen LogP contribution in [0.4, 0.5) is 11.4 Å². The lowest BCUT2D eigenvalue weighted by Gasteiger charge is -2.13. The van der Waals surface area contributed by atoms with Gasteiger partial charge in [0.1, 0.15) is 12.2 Å². The van der Waals surface area contributed by atoms with Gasteiger partial charge in [0.2, 0.25) is 11.8 Å². The fraction of sp³-hybridized carbons (Fsp3) is 0.222. The number of amides is 2. The zero-order valence-corrected chi connectivity index (χ0v) is 15.6. The first kappa shape index (κ1) is 19.1. The molecule has 132 valence electrons. The quantitative estimate of drug-likeness (QED) is 0.745. The van der Waals surface area contributed by atoms with E-state index in [2.05, 4.69) is 10.6 Å². The molecule has 0 spiro atoms. The maximum Gasteiger partial charge on any atom is 0.233 e. The molecule has 2 rings (SSSR count). The van der Waals surface area contributed by atoms with Crippen molar-refractivity contribution in [2.75, 3.05) is 17.7 Å². The van der Waals surface area contributed by atoms with E-state index in [9.17, 15) is 9.59 Å². The van der Waals surface area contributed by atoms with E-state index in [1.54, 1.807) is 30.3 Å². The fourth-order valence-corrected chi connectivity index (χ4v) is 2.52. The van der Waals surface area contributed by atoms with Gasteiger partial charge in [0.05, 0.1) is 12.8 Å². The lowest BCUT2D eigenvalue weighted by molar-refractivity contribution is -0.123. The van der Waals surface area contributed by atoms with Crippen molar-refractivity contribution in [1.82, 2.24) is 0 Å². The van der Waals surface area contributed by atoms with Gasteiger partial charge in [-0.2, -0.15) is 0 Å². The van der Waals surface area contributed by atoms with Gasteiger partial charge < -0.3 is 15.4 Å². The van der Waals surface area contributed by atoms with Crippen LogP contribution in [-0.2, 0) is 9.59 Å². The molecule has 2 aromatic carbocycles. The molecule has 25 heavy (non-hydrogen) atoms. The molecule has 0 fully saturated rings. The Kier molecular flexibility index (Phi) is 6.28. The van der Waals surface area contributed by atoms with E-state index in [1.165, 1.54) is 7.11 Å². The van der Waals surface area contributed by atoms with Gasteiger partial charge in [-0.3, -0.25) is 9.59 Å². The van der Waals surface area contributed by atoms with Gasteiger partial charge in [-0.25, -0.2) is 0 Å². The maximum atomic E-state index is 12.1. The van der Waals surface area contributed by atoms with Crippen LogP contribution in [0.5, 0.6) is 5.75 Å². The summed E-state index contributed by atoms with van der Waals surface area (Å²) in [5.74, 6) is -0.472. The Morgan fingerprint density at radius 3 is 2.24 bits per heavy atom. The van der Waals surface area contributed by atoms with E-state index in [4.69, 9.17) is 27.9 Å². The minimum absolute atomic E-state index is 0.337. The third-order valence-electron chi connectivity index (χ3n) is 3.55. The summed E-state index contributed by atoms with van der Waals surface area (Å²) in [4.78, 5) is 24.2. The van der Waals surface area contributed by atoms with Crippen molar-refractivity contribution in [2.45, 2.75) is 20.3 Å². The molecule has 0 bridgehead atoms. The normalized spacial score (nSPS) is 10.3. The van der Waals surface area contributed by atoms with Crippen LogP contribution in [0.25, 0.3) is 0 Å². The standard InChI is InChI=1S/C18H18Cl2N2O3/c1-10-4-5-12(19)7-14(10)21-17(23)9-18(24)22-15-6-11(2)13(20)8-16(15)25-3/h4-8H,9H2,1-3H3,(H,21,23)(H,22,24). The van der Waals surface area contributed by atoms with Crippen LogP contribution in [0.3, 0.4) is 0 Å². The number of carbonyl (C=O) groups is 2. The second kappa shape index (κ2) is 8.23. The maximum absolute atomic E-state index is 12.1. The highest BCUT2D eigenvalue weighted by Crippen LogP contribution is 2.31. The number of halogens is 2. The van der Waals surface area contributed by atoms with Crippen molar-refractivity contribution in [3.8, 4) is 5.75 Å². The van der Waals surface area contributed by atoms with Gasteiger partial charge in [-0.15, -0.1) is 0 Å². The number of aryl methyl sites for hydroxylation is 2. The molecule has 2 aromatic rings. The monoisotopic (exact) mass is 380 g/mol. The fourth-order valence-electron chi connectivity index (χ4n) is 2.19. The van der Waals surface area contributed by atoms with Crippen molar-refractivity contribution in [3.63, 3.8) is 0 Å². The summed E-state index contributed by atoms with van der Waals surface area (Å²) in [7, 11) is 1.48. The van der Waals surface area contributed by atoms with Crippen LogP contribution < -0.4 is 15.4 Å². The third-order valence-corrected chi connectivity index (χ3v) is 4.19. The van der Waals surface area contributed by atoms with Crippen molar-refractivity contribution < 1.29 is 14.3 Å².